The summed E-state index contributed by atoms with van der Waals surface area (Å²) in [4.78, 5) is 73.1. The Morgan fingerprint density at radius 1 is 0.287 bits per heavy atom. The van der Waals surface area contributed by atoms with E-state index in [0.29, 0.717) is 25.7 Å². The van der Waals surface area contributed by atoms with E-state index in [1.54, 1.807) is 0 Å². The van der Waals surface area contributed by atoms with Crippen LogP contribution in [0, 0.1) is 11.8 Å². The highest BCUT2D eigenvalue weighted by Gasteiger charge is 2.30. The Kier molecular flexibility index (Phi) is 72.2. The minimum absolute atomic E-state index is 0.108. The monoisotopic (exact) mass is 1480 g/mol. The molecule has 0 heterocycles. The van der Waals surface area contributed by atoms with Gasteiger partial charge in [-0.05, 0) is 37.5 Å². The second-order valence-corrected chi connectivity index (χ2v) is 33.1. The molecule has 3 unspecified atom stereocenters. The summed E-state index contributed by atoms with van der Waals surface area (Å²) in [7, 11) is -9.92. The van der Waals surface area contributed by atoms with Gasteiger partial charge in [-0.1, -0.05) is 382 Å². The van der Waals surface area contributed by atoms with Gasteiger partial charge in [0.25, 0.3) is 0 Å². The first-order valence-electron chi connectivity index (χ1n) is 42.5. The van der Waals surface area contributed by atoms with E-state index in [2.05, 4.69) is 41.5 Å². The van der Waals surface area contributed by atoms with Crippen molar-refractivity contribution in [3.05, 3.63) is 0 Å². The fraction of sp³-hybridized carbons (Fsp3) is 0.951. The van der Waals surface area contributed by atoms with Gasteiger partial charge in [-0.25, -0.2) is 9.13 Å². The summed E-state index contributed by atoms with van der Waals surface area (Å²) in [6, 6.07) is 0. The van der Waals surface area contributed by atoms with Gasteiger partial charge < -0.3 is 33.8 Å². The molecule has 0 aliphatic rings. The van der Waals surface area contributed by atoms with Crippen molar-refractivity contribution < 1.29 is 80.2 Å². The lowest BCUT2D eigenvalue weighted by Gasteiger charge is -2.21. The highest BCUT2D eigenvalue weighted by molar-refractivity contribution is 7.47. The van der Waals surface area contributed by atoms with Crippen molar-refractivity contribution in [3.63, 3.8) is 0 Å². The predicted molar refractivity (Wildman–Crippen MR) is 414 cm³/mol. The Labute approximate surface area is 619 Å². The number of hydrogen-bond donors (Lipinski definition) is 3. The molecule has 0 rings (SSSR count). The normalized spacial score (nSPS) is 14.2. The summed E-state index contributed by atoms with van der Waals surface area (Å²) in [5, 5.41) is 10.7. The number of hydrogen-bond acceptors (Lipinski definition) is 15. The van der Waals surface area contributed by atoms with Crippen molar-refractivity contribution in [1.82, 2.24) is 0 Å². The largest absolute Gasteiger partial charge is 0.472 e. The Morgan fingerprint density at radius 2 is 0.505 bits per heavy atom. The first-order chi connectivity index (χ1) is 48.9. The molecule has 0 aliphatic heterocycles. The molecule has 0 aromatic carbocycles. The van der Waals surface area contributed by atoms with Crippen LogP contribution in [0.25, 0.3) is 0 Å². The Balaban J connectivity index is 5.27. The van der Waals surface area contributed by atoms with Crippen LogP contribution in [0.15, 0.2) is 0 Å². The first-order valence-corrected chi connectivity index (χ1v) is 45.5. The second-order valence-electron chi connectivity index (χ2n) is 30.2. The van der Waals surface area contributed by atoms with Gasteiger partial charge in [0, 0.05) is 25.7 Å². The molecular weight excluding hydrogens is 1320 g/mol. The number of carbonyl (C=O) groups is 4. The van der Waals surface area contributed by atoms with Gasteiger partial charge in [0.1, 0.15) is 19.3 Å². The molecule has 0 spiro atoms. The van der Waals surface area contributed by atoms with Crippen molar-refractivity contribution in [1.29, 1.82) is 0 Å². The standard InChI is InChI=1S/C82H160O17P2/c1-7-10-12-14-16-18-20-22-23-29-36-42-48-54-60-66-81(86)98-77(70-92-79(84)64-58-52-46-40-34-21-19-17-15-13-11-8-2)72-96-100(88,89)94-68-76(83)69-95-101(90,91)97-73-78(71-93-80(85)65-59-53-47-41-35-31-26-27-32-38-44-50-56-62-74(4)5)99-82(87)67-61-55-49-43-37-30-25-24-28-33-39-45-51-57-63-75(6)9-3/h74-78,83H,7-73H2,1-6H3,(H,88,89)(H,90,91)/t75?,76-,77+,78+/m0/s1. The maximum atomic E-state index is 13.1. The third-order valence-electron chi connectivity index (χ3n) is 19.6. The molecule has 0 bridgehead atoms. The lowest BCUT2D eigenvalue weighted by molar-refractivity contribution is -0.161. The lowest BCUT2D eigenvalue weighted by atomic mass is 9.99. The topological polar surface area (TPSA) is 237 Å². The summed E-state index contributed by atoms with van der Waals surface area (Å²) in [5.41, 5.74) is 0. The van der Waals surface area contributed by atoms with Crippen LogP contribution in [0.5, 0.6) is 0 Å². The van der Waals surface area contributed by atoms with Gasteiger partial charge in [0.05, 0.1) is 26.4 Å². The van der Waals surface area contributed by atoms with Gasteiger partial charge in [0.15, 0.2) is 12.2 Å². The maximum absolute atomic E-state index is 13.1. The Morgan fingerprint density at radius 3 is 0.752 bits per heavy atom. The van der Waals surface area contributed by atoms with Gasteiger partial charge in [0.2, 0.25) is 0 Å². The molecule has 600 valence electrons. The molecule has 0 amide bonds. The number of carbonyl (C=O) groups excluding carboxylic acids is 4. The summed E-state index contributed by atoms with van der Waals surface area (Å²) in [6.07, 6.45) is 63.5. The van der Waals surface area contributed by atoms with E-state index < -0.39 is 97.5 Å². The van der Waals surface area contributed by atoms with Crippen LogP contribution in [0.2, 0.25) is 0 Å². The number of phosphoric ester groups is 2. The summed E-state index contributed by atoms with van der Waals surface area (Å²) in [6.45, 7) is 9.72. The number of esters is 4. The molecule has 0 aromatic heterocycles. The minimum Gasteiger partial charge on any atom is -0.462 e. The molecule has 0 radical (unpaired) electrons. The van der Waals surface area contributed by atoms with Crippen molar-refractivity contribution in [2.45, 2.75) is 452 Å². The smallest absolute Gasteiger partial charge is 0.462 e. The average molecular weight is 1480 g/mol. The summed E-state index contributed by atoms with van der Waals surface area (Å²) >= 11 is 0. The predicted octanol–water partition coefficient (Wildman–Crippen LogP) is 24.7. The van der Waals surface area contributed by atoms with E-state index in [0.717, 1.165) is 102 Å². The molecule has 0 fully saturated rings. The van der Waals surface area contributed by atoms with Crippen molar-refractivity contribution >= 4 is 39.5 Å². The van der Waals surface area contributed by atoms with E-state index in [-0.39, 0.29) is 25.7 Å². The van der Waals surface area contributed by atoms with Gasteiger partial charge in [-0.3, -0.25) is 37.3 Å². The molecule has 0 saturated carbocycles. The van der Waals surface area contributed by atoms with Crippen LogP contribution in [0.3, 0.4) is 0 Å². The molecule has 0 aromatic rings. The molecule has 101 heavy (non-hydrogen) atoms. The van der Waals surface area contributed by atoms with Gasteiger partial charge in [-0.15, -0.1) is 0 Å². The van der Waals surface area contributed by atoms with Crippen LogP contribution in [0.4, 0.5) is 0 Å². The van der Waals surface area contributed by atoms with Crippen LogP contribution >= 0.6 is 15.6 Å². The van der Waals surface area contributed by atoms with Crippen molar-refractivity contribution in [3.8, 4) is 0 Å². The number of rotatable bonds is 81. The third kappa shape index (κ3) is 74.7. The van der Waals surface area contributed by atoms with Crippen LogP contribution in [0.1, 0.15) is 433 Å². The molecule has 6 atom stereocenters. The number of aliphatic hydroxyl groups excluding tert-OH is 1. The zero-order valence-corrected chi connectivity index (χ0v) is 68.0. The fourth-order valence-corrected chi connectivity index (χ4v) is 14.3. The lowest BCUT2D eigenvalue weighted by Crippen LogP contribution is -2.30. The third-order valence-corrected chi connectivity index (χ3v) is 21.5. The SMILES string of the molecule is CCCCCCCCCCCCCCCCCC(=O)O[C@H](COC(=O)CCCCCCCCCCCCCC)COP(=O)(O)OC[C@H](O)COP(=O)(O)OC[C@@H](COC(=O)CCCCCCCCCCCCCCCC(C)C)OC(=O)CCCCCCCCCCCCCCCCC(C)CC. The van der Waals surface area contributed by atoms with E-state index in [9.17, 15) is 43.2 Å². The van der Waals surface area contributed by atoms with E-state index in [1.165, 1.54) is 250 Å². The zero-order chi connectivity index (χ0) is 74.2. The highest BCUT2D eigenvalue weighted by atomic mass is 31.2. The van der Waals surface area contributed by atoms with Crippen LogP contribution in [-0.4, -0.2) is 96.7 Å². The minimum atomic E-state index is -4.96. The molecular formula is C82H160O17P2. The molecule has 0 saturated heterocycles. The van der Waals surface area contributed by atoms with Crippen molar-refractivity contribution in [2.75, 3.05) is 39.6 Å². The number of aliphatic hydroxyl groups is 1. The summed E-state index contributed by atoms with van der Waals surface area (Å²) < 4.78 is 68.8. The van der Waals surface area contributed by atoms with Crippen LogP contribution in [-0.2, 0) is 65.4 Å². The Bertz CT molecular complexity index is 1940. The molecule has 3 N–H and O–H groups in total. The molecule has 19 heteroatoms. The quantitative estimate of drug-likeness (QED) is 0.0222. The van der Waals surface area contributed by atoms with E-state index in [4.69, 9.17) is 37.0 Å². The number of phosphoric acid groups is 2. The fourth-order valence-electron chi connectivity index (χ4n) is 12.7. The number of ether oxygens (including phenoxy) is 4. The second kappa shape index (κ2) is 73.6. The zero-order valence-electron chi connectivity index (χ0n) is 66.2. The van der Waals surface area contributed by atoms with Crippen molar-refractivity contribution in [2.24, 2.45) is 11.8 Å². The van der Waals surface area contributed by atoms with Crippen LogP contribution < -0.4 is 0 Å². The highest BCUT2D eigenvalue weighted by Crippen LogP contribution is 2.45. The molecule has 17 nitrogen and oxygen atoms in total. The maximum Gasteiger partial charge on any atom is 0.472 e. The van der Waals surface area contributed by atoms with Gasteiger partial charge in [-0.2, -0.15) is 0 Å². The van der Waals surface area contributed by atoms with E-state index in [1.807, 2.05) is 0 Å². The average Bonchev–Trinajstić information content (AvgIpc) is 0.969. The van der Waals surface area contributed by atoms with Gasteiger partial charge >= 0.3 is 39.5 Å². The summed E-state index contributed by atoms with van der Waals surface area (Å²) in [5.74, 6) is -0.467. The van der Waals surface area contributed by atoms with E-state index >= 15 is 0 Å². The Hall–Kier alpha value is -1.94. The number of unbranched alkanes of at least 4 members (excludes halogenated alkanes) is 50. The first kappa shape index (κ1) is 99.1. The molecule has 0 aliphatic carbocycles.